The fraction of sp³-hybridized carbons (Fsp3) is 0.556. The summed E-state index contributed by atoms with van der Waals surface area (Å²) in [7, 11) is 0. The van der Waals surface area contributed by atoms with Gasteiger partial charge in [0.15, 0.2) is 5.75 Å². The van der Waals surface area contributed by atoms with Crippen molar-refractivity contribution in [2.24, 2.45) is 5.73 Å². The summed E-state index contributed by atoms with van der Waals surface area (Å²) in [5.41, 5.74) is 6.08. The lowest BCUT2D eigenvalue weighted by molar-refractivity contribution is 0.459. The highest BCUT2D eigenvalue weighted by Crippen LogP contribution is 2.38. The topological polar surface area (TPSA) is 72.0 Å². The van der Waals surface area contributed by atoms with E-state index in [9.17, 15) is 5.11 Å². The van der Waals surface area contributed by atoms with Gasteiger partial charge in [0.05, 0.1) is 11.9 Å². The Hall–Kier alpha value is -1.16. The first kappa shape index (κ1) is 8.44. The standard InChI is InChI=1S/C9H13N3O/c10-4-3-7-8(13)5-11-9(12-7)6-1-2-6/h5-6,13H,1-4,10H2. The predicted octanol–water partition coefficient (Wildman–Crippen LogP) is 0.561. The highest BCUT2D eigenvalue weighted by molar-refractivity contribution is 5.24. The third-order valence-electron chi connectivity index (χ3n) is 2.19. The van der Waals surface area contributed by atoms with Gasteiger partial charge in [0.2, 0.25) is 0 Å². The van der Waals surface area contributed by atoms with Gasteiger partial charge in [-0.1, -0.05) is 0 Å². The van der Waals surface area contributed by atoms with Crippen LogP contribution in [0.2, 0.25) is 0 Å². The number of hydrogen-bond acceptors (Lipinski definition) is 4. The molecule has 0 aromatic carbocycles. The molecule has 4 heteroatoms. The molecule has 0 amide bonds. The third kappa shape index (κ3) is 1.78. The SMILES string of the molecule is NCCc1nc(C2CC2)ncc1O. The van der Waals surface area contributed by atoms with Crippen LogP contribution in [0.15, 0.2) is 6.20 Å². The summed E-state index contributed by atoms with van der Waals surface area (Å²) < 4.78 is 0. The molecule has 1 fully saturated rings. The summed E-state index contributed by atoms with van der Waals surface area (Å²) >= 11 is 0. The highest BCUT2D eigenvalue weighted by Gasteiger charge is 2.26. The van der Waals surface area contributed by atoms with Gasteiger partial charge < -0.3 is 10.8 Å². The molecule has 0 bridgehead atoms. The average molecular weight is 179 g/mol. The molecule has 70 valence electrons. The summed E-state index contributed by atoms with van der Waals surface area (Å²) in [4.78, 5) is 8.36. The van der Waals surface area contributed by atoms with Crippen LogP contribution in [0.25, 0.3) is 0 Å². The first-order chi connectivity index (χ1) is 6.31. The predicted molar refractivity (Wildman–Crippen MR) is 48.4 cm³/mol. The lowest BCUT2D eigenvalue weighted by Crippen LogP contribution is -2.06. The van der Waals surface area contributed by atoms with Crippen molar-refractivity contribution in [3.63, 3.8) is 0 Å². The molecule has 0 aliphatic heterocycles. The fourth-order valence-electron chi connectivity index (χ4n) is 1.29. The maximum absolute atomic E-state index is 9.39. The fourth-order valence-corrected chi connectivity index (χ4v) is 1.29. The summed E-state index contributed by atoms with van der Waals surface area (Å²) in [5, 5.41) is 9.39. The van der Waals surface area contributed by atoms with Gasteiger partial charge in [-0.15, -0.1) is 0 Å². The lowest BCUT2D eigenvalue weighted by Gasteiger charge is -2.03. The van der Waals surface area contributed by atoms with Crippen LogP contribution < -0.4 is 5.73 Å². The summed E-state index contributed by atoms with van der Waals surface area (Å²) in [6.45, 7) is 0.509. The van der Waals surface area contributed by atoms with Crippen molar-refractivity contribution in [2.45, 2.75) is 25.2 Å². The quantitative estimate of drug-likeness (QED) is 0.711. The molecule has 1 aliphatic rings. The van der Waals surface area contributed by atoms with Gasteiger partial charge in [-0.05, 0) is 19.4 Å². The van der Waals surface area contributed by atoms with Crippen LogP contribution in [0.4, 0.5) is 0 Å². The van der Waals surface area contributed by atoms with E-state index in [0.29, 0.717) is 24.6 Å². The second-order valence-corrected chi connectivity index (χ2v) is 3.37. The number of aromatic hydroxyl groups is 1. The Kier molecular flexibility index (Phi) is 2.14. The van der Waals surface area contributed by atoms with Gasteiger partial charge in [-0.2, -0.15) is 0 Å². The van der Waals surface area contributed by atoms with Gasteiger partial charge in [0.1, 0.15) is 5.82 Å². The Labute approximate surface area is 76.8 Å². The molecule has 4 nitrogen and oxygen atoms in total. The number of hydrogen-bond donors (Lipinski definition) is 2. The van der Waals surface area contributed by atoms with E-state index in [1.54, 1.807) is 0 Å². The molecule has 1 saturated carbocycles. The molecule has 0 saturated heterocycles. The number of nitrogens with zero attached hydrogens (tertiary/aromatic N) is 2. The monoisotopic (exact) mass is 179 g/mol. The van der Waals surface area contributed by atoms with Crippen molar-refractivity contribution in [1.29, 1.82) is 0 Å². The lowest BCUT2D eigenvalue weighted by atomic mass is 10.2. The van der Waals surface area contributed by atoms with Gasteiger partial charge in [0, 0.05) is 12.3 Å². The summed E-state index contributed by atoms with van der Waals surface area (Å²) in [6, 6.07) is 0. The molecule has 1 aliphatic carbocycles. The minimum Gasteiger partial charge on any atom is -0.504 e. The molecule has 3 N–H and O–H groups in total. The van der Waals surface area contributed by atoms with Crippen molar-refractivity contribution in [3.05, 3.63) is 17.7 Å². The van der Waals surface area contributed by atoms with Crippen LogP contribution in [0.5, 0.6) is 5.75 Å². The van der Waals surface area contributed by atoms with Crippen LogP contribution in [0.1, 0.15) is 30.3 Å². The molecule has 13 heavy (non-hydrogen) atoms. The van der Waals surface area contributed by atoms with Crippen molar-refractivity contribution < 1.29 is 5.11 Å². The van der Waals surface area contributed by atoms with E-state index < -0.39 is 0 Å². The maximum Gasteiger partial charge on any atom is 0.155 e. The Morgan fingerprint density at radius 2 is 2.31 bits per heavy atom. The normalized spacial score (nSPS) is 16.1. The average Bonchev–Trinajstić information content (AvgIpc) is 2.92. The molecule has 0 spiro atoms. The van der Waals surface area contributed by atoms with Crippen LogP contribution in [0, 0.1) is 0 Å². The summed E-state index contributed by atoms with van der Waals surface area (Å²) in [6.07, 6.45) is 4.44. The van der Waals surface area contributed by atoms with E-state index in [-0.39, 0.29) is 5.75 Å². The Morgan fingerprint density at radius 3 is 2.92 bits per heavy atom. The van der Waals surface area contributed by atoms with Crippen molar-refractivity contribution in [2.75, 3.05) is 6.54 Å². The second-order valence-electron chi connectivity index (χ2n) is 3.37. The second kappa shape index (κ2) is 3.30. The van der Waals surface area contributed by atoms with E-state index in [1.165, 1.54) is 19.0 Å². The van der Waals surface area contributed by atoms with Crippen molar-refractivity contribution in [1.82, 2.24) is 9.97 Å². The number of aromatic nitrogens is 2. The van der Waals surface area contributed by atoms with Gasteiger partial charge in [-0.3, -0.25) is 0 Å². The van der Waals surface area contributed by atoms with Crippen molar-refractivity contribution in [3.8, 4) is 5.75 Å². The molecule has 0 unspecified atom stereocenters. The van der Waals surface area contributed by atoms with Crippen LogP contribution in [0.3, 0.4) is 0 Å². The highest BCUT2D eigenvalue weighted by atomic mass is 16.3. The smallest absolute Gasteiger partial charge is 0.155 e. The van der Waals surface area contributed by atoms with Crippen LogP contribution in [-0.4, -0.2) is 21.6 Å². The molecule has 1 aromatic heterocycles. The van der Waals surface area contributed by atoms with Crippen LogP contribution >= 0.6 is 0 Å². The first-order valence-corrected chi connectivity index (χ1v) is 4.56. The molecular weight excluding hydrogens is 166 g/mol. The minimum absolute atomic E-state index is 0.162. The maximum atomic E-state index is 9.39. The largest absolute Gasteiger partial charge is 0.504 e. The Morgan fingerprint density at radius 1 is 1.54 bits per heavy atom. The Balaban J connectivity index is 2.25. The molecule has 2 rings (SSSR count). The van der Waals surface area contributed by atoms with Gasteiger partial charge in [0.25, 0.3) is 0 Å². The van der Waals surface area contributed by atoms with E-state index in [4.69, 9.17) is 5.73 Å². The molecular formula is C9H13N3O. The molecule has 1 heterocycles. The number of nitrogens with two attached hydrogens (primary N) is 1. The number of rotatable bonds is 3. The van der Waals surface area contributed by atoms with E-state index >= 15 is 0 Å². The zero-order valence-electron chi connectivity index (χ0n) is 7.40. The zero-order chi connectivity index (χ0) is 9.26. The van der Waals surface area contributed by atoms with Crippen molar-refractivity contribution >= 4 is 0 Å². The van der Waals surface area contributed by atoms with Crippen LogP contribution in [-0.2, 0) is 6.42 Å². The summed E-state index contributed by atoms with van der Waals surface area (Å²) in [5.74, 6) is 1.55. The van der Waals surface area contributed by atoms with Gasteiger partial charge >= 0.3 is 0 Å². The van der Waals surface area contributed by atoms with Gasteiger partial charge in [-0.25, -0.2) is 9.97 Å². The van der Waals surface area contributed by atoms with E-state index in [2.05, 4.69) is 9.97 Å². The molecule has 1 aromatic rings. The Bertz CT molecular complexity index is 310. The minimum atomic E-state index is 0.162. The van der Waals surface area contributed by atoms with E-state index in [1.807, 2.05) is 0 Å². The zero-order valence-corrected chi connectivity index (χ0v) is 7.40. The first-order valence-electron chi connectivity index (χ1n) is 4.56. The molecule has 0 atom stereocenters. The van der Waals surface area contributed by atoms with E-state index in [0.717, 1.165) is 5.82 Å². The molecule has 0 radical (unpaired) electrons. The third-order valence-corrected chi connectivity index (χ3v) is 2.19.